The normalized spacial score (nSPS) is 10.3. The first-order valence-corrected chi connectivity index (χ1v) is 4.89. The summed E-state index contributed by atoms with van der Waals surface area (Å²) in [6.45, 7) is 4.81. The van der Waals surface area contributed by atoms with Crippen LogP contribution in [0.5, 0.6) is 0 Å². The summed E-state index contributed by atoms with van der Waals surface area (Å²) in [6, 6.07) is 6.35. The van der Waals surface area contributed by atoms with Crippen molar-refractivity contribution in [3.63, 3.8) is 0 Å². The number of rotatable bonds is 3. The van der Waals surface area contributed by atoms with Crippen molar-refractivity contribution in [2.24, 2.45) is 0 Å². The van der Waals surface area contributed by atoms with Crippen molar-refractivity contribution in [3.8, 4) is 0 Å². The average molecular weight is 202 g/mol. The third kappa shape index (κ3) is 2.34. The third-order valence-electron chi connectivity index (χ3n) is 2.29. The molecule has 0 bridgehead atoms. The van der Waals surface area contributed by atoms with E-state index < -0.39 is 0 Å². The molecule has 1 heterocycles. The summed E-state index contributed by atoms with van der Waals surface area (Å²) in [6.07, 6.45) is 3.23. The zero-order valence-electron chi connectivity index (χ0n) is 8.94. The second kappa shape index (κ2) is 4.13. The molecule has 0 radical (unpaired) electrons. The fraction of sp³-hybridized carbons (Fsp3) is 0.273. The molecule has 1 aromatic carbocycles. The maximum Gasteiger partial charge on any atom is 0.137 e. The predicted octanol–water partition coefficient (Wildman–Crippen LogP) is 1.96. The van der Waals surface area contributed by atoms with Crippen LogP contribution in [0.4, 0.5) is 5.69 Å². The van der Waals surface area contributed by atoms with Crippen LogP contribution in [-0.2, 0) is 6.67 Å². The van der Waals surface area contributed by atoms with Gasteiger partial charge in [-0.3, -0.25) is 0 Å². The Labute approximate surface area is 89.0 Å². The van der Waals surface area contributed by atoms with Crippen molar-refractivity contribution in [1.29, 1.82) is 0 Å². The summed E-state index contributed by atoms with van der Waals surface area (Å²) in [5, 5.41) is 7.34. The molecule has 0 aliphatic carbocycles. The number of aryl methyl sites for hydroxylation is 2. The molecular weight excluding hydrogens is 188 g/mol. The van der Waals surface area contributed by atoms with Crippen molar-refractivity contribution in [2.75, 3.05) is 5.32 Å². The Balaban J connectivity index is 2.07. The van der Waals surface area contributed by atoms with Crippen LogP contribution in [0.2, 0.25) is 0 Å². The smallest absolute Gasteiger partial charge is 0.137 e. The van der Waals surface area contributed by atoms with Crippen molar-refractivity contribution in [2.45, 2.75) is 20.5 Å². The summed E-state index contributed by atoms with van der Waals surface area (Å²) in [5.74, 6) is 0. The van der Waals surface area contributed by atoms with Crippen LogP contribution in [0.25, 0.3) is 0 Å². The molecule has 0 unspecified atom stereocenters. The van der Waals surface area contributed by atoms with E-state index in [2.05, 4.69) is 47.4 Å². The Morgan fingerprint density at radius 1 is 1.33 bits per heavy atom. The molecule has 0 saturated heterocycles. The lowest BCUT2D eigenvalue weighted by molar-refractivity contribution is 0.667. The summed E-state index contributed by atoms with van der Waals surface area (Å²) < 4.78 is 1.75. The summed E-state index contributed by atoms with van der Waals surface area (Å²) >= 11 is 0. The van der Waals surface area contributed by atoms with E-state index in [4.69, 9.17) is 0 Å². The molecule has 0 aliphatic rings. The minimum Gasteiger partial charge on any atom is -0.366 e. The van der Waals surface area contributed by atoms with Gasteiger partial charge in [-0.05, 0) is 31.0 Å². The van der Waals surface area contributed by atoms with Crippen LogP contribution >= 0.6 is 0 Å². The zero-order valence-corrected chi connectivity index (χ0v) is 8.94. The van der Waals surface area contributed by atoms with Gasteiger partial charge >= 0.3 is 0 Å². The van der Waals surface area contributed by atoms with Gasteiger partial charge in [-0.1, -0.05) is 12.1 Å². The van der Waals surface area contributed by atoms with Crippen molar-refractivity contribution in [3.05, 3.63) is 42.0 Å². The highest BCUT2D eigenvalue weighted by Crippen LogP contribution is 2.16. The molecule has 0 amide bonds. The highest BCUT2D eigenvalue weighted by molar-refractivity contribution is 5.51. The largest absolute Gasteiger partial charge is 0.366 e. The van der Waals surface area contributed by atoms with E-state index in [0.717, 1.165) is 5.69 Å². The highest BCUT2D eigenvalue weighted by atomic mass is 15.4. The quantitative estimate of drug-likeness (QED) is 0.827. The number of nitrogens with one attached hydrogen (secondary N) is 1. The monoisotopic (exact) mass is 202 g/mol. The number of hydrogen-bond acceptors (Lipinski definition) is 3. The first-order chi connectivity index (χ1) is 7.25. The predicted molar refractivity (Wildman–Crippen MR) is 59.6 cm³/mol. The third-order valence-corrected chi connectivity index (χ3v) is 2.29. The van der Waals surface area contributed by atoms with Gasteiger partial charge in [-0.15, -0.1) is 0 Å². The second-order valence-electron chi connectivity index (χ2n) is 3.59. The minimum atomic E-state index is 0.643. The number of hydrogen-bond donors (Lipinski definition) is 1. The van der Waals surface area contributed by atoms with Crippen molar-refractivity contribution in [1.82, 2.24) is 14.8 Å². The van der Waals surface area contributed by atoms with E-state index in [1.807, 2.05) is 0 Å². The molecule has 4 nitrogen and oxygen atoms in total. The maximum atomic E-state index is 4.03. The average Bonchev–Trinajstić information content (AvgIpc) is 2.72. The van der Waals surface area contributed by atoms with E-state index in [1.54, 1.807) is 11.0 Å². The lowest BCUT2D eigenvalue weighted by atomic mass is 10.1. The fourth-order valence-corrected chi connectivity index (χ4v) is 1.41. The molecule has 1 N–H and O–H groups in total. The van der Waals surface area contributed by atoms with Gasteiger partial charge in [0.2, 0.25) is 0 Å². The van der Waals surface area contributed by atoms with Crippen molar-refractivity contribution >= 4 is 5.69 Å². The van der Waals surface area contributed by atoms with Crippen LogP contribution in [0.15, 0.2) is 30.9 Å². The molecule has 2 aromatic rings. The Bertz CT molecular complexity index is 434. The van der Waals surface area contributed by atoms with Crippen molar-refractivity contribution < 1.29 is 0 Å². The number of benzene rings is 1. The lowest BCUT2D eigenvalue weighted by Gasteiger charge is -2.09. The lowest BCUT2D eigenvalue weighted by Crippen LogP contribution is -2.09. The van der Waals surface area contributed by atoms with Gasteiger partial charge in [0.05, 0.1) is 0 Å². The van der Waals surface area contributed by atoms with Crippen LogP contribution in [0, 0.1) is 13.8 Å². The molecule has 78 valence electrons. The molecule has 0 spiro atoms. The molecule has 0 atom stereocenters. The standard InChI is InChI=1S/C11H14N4/c1-9-3-4-10(2)11(5-9)13-8-15-7-12-6-14-15/h3-7,13H,8H2,1-2H3. The Morgan fingerprint density at radius 2 is 2.20 bits per heavy atom. The van der Waals surface area contributed by atoms with Gasteiger partial charge in [-0.2, -0.15) is 5.10 Å². The maximum absolute atomic E-state index is 4.03. The van der Waals surface area contributed by atoms with Gasteiger partial charge < -0.3 is 5.32 Å². The molecule has 15 heavy (non-hydrogen) atoms. The Kier molecular flexibility index (Phi) is 2.67. The molecule has 4 heteroatoms. The highest BCUT2D eigenvalue weighted by Gasteiger charge is 1.97. The van der Waals surface area contributed by atoms with E-state index in [1.165, 1.54) is 17.5 Å². The van der Waals surface area contributed by atoms with E-state index >= 15 is 0 Å². The molecule has 0 fully saturated rings. The number of nitrogens with zero attached hydrogens (tertiary/aromatic N) is 3. The Morgan fingerprint density at radius 3 is 2.93 bits per heavy atom. The minimum absolute atomic E-state index is 0.643. The van der Waals surface area contributed by atoms with Gasteiger partial charge in [0.15, 0.2) is 0 Å². The van der Waals surface area contributed by atoms with Gasteiger partial charge in [0.25, 0.3) is 0 Å². The van der Waals surface area contributed by atoms with Crippen LogP contribution < -0.4 is 5.32 Å². The SMILES string of the molecule is Cc1ccc(C)c(NCn2cncn2)c1. The van der Waals surface area contributed by atoms with E-state index in [-0.39, 0.29) is 0 Å². The second-order valence-corrected chi connectivity index (χ2v) is 3.59. The number of anilines is 1. The fourth-order valence-electron chi connectivity index (χ4n) is 1.41. The summed E-state index contributed by atoms with van der Waals surface area (Å²) in [4.78, 5) is 3.89. The molecule has 1 aromatic heterocycles. The zero-order chi connectivity index (χ0) is 10.7. The van der Waals surface area contributed by atoms with E-state index in [0.29, 0.717) is 6.67 Å². The van der Waals surface area contributed by atoms with Gasteiger partial charge in [0, 0.05) is 5.69 Å². The van der Waals surface area contributed by atoms with E-state index in [9.17, 15) is 0 Å². The molecule has 0 aliphatic heterocycles. The first-order valence-electron chi connectivity index (χ1n) is 4.89. The summed E-state index contributed by atoms with van der Waals surface area (Å²) in [7, 11) is 0. The topological polar surface area (TPSA) is 42.7 Å². The summed E-state index contributed by atoms with van der Waals surface area (Å²) in [5.41, 5.74) is 3.63. The van der Waals surface area contributed by atoms with Crippen LogP contribution in [-0.4, -0.2) is 14.8 Å². The van der Waals surface area contributed by atoms with Gasteiger partial charge in [-0.25, -0.2) is 9.67 Å². The number of aromatic nitrogens is 3. The first kappa shape index (κ1) is 9.71. The van der Waals surface area contributed by atoms with Gasteiger partial charge in [0.1, 0.15) is 19.3 Å². The molecule has 0 saturated carbocycles. The van der Waals surface area contributed by atoms with Crippen LogP contribution in [0.3, 0.4) is 0 Å². The molecule has 2 rings (SSSR count). The molecular formula is C11H14N4. The van der Waals surface area contributed by atoms with Crippen LogP contribution in [0.1, 0.15) is 11.1 Å². The Hall–Kier alpha value is -1.84.